The molecule has 0 radical (unpaired) electrons. The Bertz CT molecular complexity index is 1140. The van der Waals surface area contributed by atoms with E-state index in [-0.39, 0.29) is 19.4 Å². The van der Waals surface area contributed by atoms with Gasteiger partial charge in [0, 0.05) is 17.8 Å². The second-order valence-electron chi connectivity index (χ2n) is 8.46. The summed E-state index contributed by atoms with van der Waals surface area (Å²) in [6.45, 7) is 5.02. The molecule has 188 valence electrons. The highest BCUT2D eigenvalue weighted by atomic mass is 32.1. The topological polar surface area (TPSA) is 64.6 Å². The van der Waals surface area contributed by atoms with E-state index < -0.39 is 29.8 Å². The SMILES string of the molecule is COC(=O)CCNC(=O)c1ccc(C(C)OC2(C(F)(F)F)C=C(C)C(c3ccccc3)=C(C)C2)s1. The van der Waals surface area contributed by atoms with Crippen molar-refractivity contribution in [1.29, 1.82) is 0 Å². The standard InChI is InChI=1S/C26H28F3NO4S/c1-16-14-25(26(27,28)29,15-17(2)23(16)19-8-6-5-7-9-19)34-18(3)20-10-11-21(35-20)24(32)30-13-12-22(31)33-4/h5-11,14,18H,12-13,15H2,1-4H3,(H,30,32). The number of hydrogen-bond donors (Lipinski definition) is 1. The van der Waals surface area contributed by atoms with E-state index in [1.165, 1.54) is 19.3 Å². The van der Waals surface area contributed by atoms with Crippen molar-refractivity contribution >= 4 is 28.8 Å². The van der Waals surface area contributed by atoms with E-state index in [9.17, 15) is 22.8 Å². The number of allylic oxidation sites excluding steroid dienone is 2. The van der Waals surface area contributed by atoms with Crippen molar-refractivity contribution in [2.24, 2.45) is 0 Å². The van der Waals surface area contributed by atoms with E-state index in [4.69, 9.17) is 4.74 Å². The molecule has 9 heteroatoms. The van der Waals surface area contributed by atoms with Crippen molar-refractivity contribution in [3.8, 4) is 0 Å². The maximum absolute atomic E-state index is 14.4. The van der Waals surface area contributed by atoms with Gasteiger partial charge in [-0.15, -0.1) is 11.3 Å². The number of nitrogens with one attached hydrogen (secondary N) is 1. The monoisotopic (exact) mass is 507 g/mol. The molecule has 1 amide bonds. The molecular weight excluding hydrogens is 479 g/mol. The molecule has 1 N–H and O–H groups in total. The summed E-state index contributed by atoms with van der Waals surface area (Å²) in [4.78, 5) is 24.3. The molecule has 35 heavy (non-hydrogen) atoms. The van der Waals surface area contributed by atoms with Gasteiger partial charge in [0.15, 0.2) is 5.60 Å². The van der Waals surface area contributed by atoms with Crippen molar-refractivity contribution < 1.29 is 32.2 Å². The van der Waals surface area contributed by atoms with Crippen LogP contribution in [0.4, 0.5) is 13.2 Å². The van der Waals surface area contributed by atoms with Gasteiger partial charge in [0.1, 0.15) is 0 Å². The van der Waals surface area contributed by atoms with Gasteiger partial charge in [-0.1, -0.05) is 35.9 Å². The van der Waals surface area contributed by atoms with Gasteiger partial charge in [-0.3, -0.25) is 9.59 Å². The first-order chi connectivity index (χ1) is 16.5. The highest BCUT2D eigenvalue weighted by Crippen LogP contribution is 2.49. The number of alkyl halides is 3. The Morgan fingerprint density at radius 1 is 1.14 bits per heavy atom. The molecule has 5 nitrogen and oxygen atoms in total. The molecule has 0 bridgehead atoms. The van der Waals surface area contributed by atoms with Crippen LogP contribution in [0.5, 0.6) is 0 Å². The molecule has 0 saturated heterocycles. The Hall–Kier alpha value is -2.91. The van der Waals surface area contributed by atoms with Crippen LogP contribution in [0.2, 0.25) is 0 Å². The van der Waals surface area contributed by atoms with Crippen LogP contribution in [0.25, 0.3) is 5.57 Å². The fourth-order valence-corrected chi connectivity index (χ4v) is 5.13. The number of esters is 1. The van der Waals surface area contributed by atoms with Crippen LogP contribution < -0.4 is 5.32 Å². The average molecular weight is 508 g/mol. The lowest BCUT2D eigenvalue weighted by Crippen LogP contribution is -2.48. The van der Waals surface area contributed by atoms with Crippen molar-refractivity contribution in [3.05, 3.63) is 75.0 Å². The Labute approximate surface area is 206 Å². The lowest BCUT2D eigenvalue weighted by Gasteiger charge is -2.39. The van der Waals surface area contributed by atoms with Gasteiger partial charge in [-0.05, 0) is 55.7 Å². The van der Waals surface area contributed by atoms with Gasteiger partial charge in [-0.2, -0.15) is 13.2 Å². The number of methoxy groups -OCH3 is 1. The fraction of sp³-hybridized carbons (Fsp3) is 0.385. The lowest BCUT2D eigenvalue weighted by atomic mass is 9.79. The lowest BCUT2D eigenvalue weighted by molar-refractivity contribution is -0.270. The molecule has 2 atom stereocenters. The molecule has 1 aliphatic rings. The van der Waals surface area contributed by atoms with Gasteiger partial charge in [0.25, 0.3) is 5.91 Å². The number of carbonyl (C=O) groups is 2. The number of hydrogen-bond acceptors (Lipinski definition) is 5. The Balaban J connectivity index is 1.79. The second kappa shape index (κ2) is 10.8. The first kappa shape index (κ1) is 26.7. The number of amides is 1. The Kier molecular flexibility index (Phi) is 8.22. The van der Waals surface area contributed by atoms with E-state index in [0.717, 1.165) is 22.5 Å². The van der Waals surface area contributed by atoms with Gasteiger partial charge < -0.3 is 14.8 Å². The highest BCUT2D eigenvalue weighted by Gasteiger charge is 2.57. The third-order valence-electron chi connectivity index (χ3n) is 5.82. The van der Waals surface area contributed by atoms with Crippen LogP contribution >= 0.6 is 11.3 Å². The summed E-state index contributed by atoms with van der Waals surface area (Å²) in [6.07, 6.45) is -4.68. The number of thiophene rings is 1. The molecule has 1 heterocycles. The molecule has 0 spiro atoms. The third kappa shape index (κ3) is 6.02. The van der Waals surface area contributed by atoms with Crippen molar-refractivity contribution in [2.45, 2.75) is 51.5 Å². The Morgan fingerprint density at radius 2 is 1.83 bits per heavy atom. The van der Waals surface area contributed by atoms with Crippen LogP contribution in [0, 0.1) is 0 Å². The predicted molar refractivity (Wildman–Crippen MR) is 129 cm³/mol. The number of benzene rings is 1. The zero-order chi connectivity index (χ0) is 25.8. The summed E-state index contributed by atoms with van der Waals surface area (Å²) < 4.78 is 53.6. The number of halogens is 3. The highest BCUT2D eigenvalue weighted by molar-refractivity contribution is 7.14. The molecule has 1 aliphatic carbocycles. The quantitative estimate of drug-likeness (QED) is 0.430. The van der Waals surface area contributed by atoms with Crippen LogP contribution in [-0.4, -0.2) is 37.3 Å². The molecule has 2 unspecified atom stereocenters. The van der Waals surface area contributed by atoms with Gasteiger partial charge >= 0.3 is 12.1 Å². The van der Waals surface area contributed by atoms with Crippen LogP contribution in [0.15, 0.2) is 59.7 Å². The normalized spacial score (nSPS) is 19.2. The molecular formula is C26H28F3NO4S. The van der Waals surface area contributed by atoms with Crippen molar-refractivity contribution in [1.82, 2.24) is 5.32 Å². The number of ether oxygens (including phenoxy) is 2. The first-order valence-electron chi connectivity index (χ1n) is 11.1. The first-order valence-corrected chi connectivity index (χ1v) is 11.9. The number of carbonyl (C=O) groups excluding carboxylic acids is 2. The minimum atomic E-state index is -4.64. The third-order valence-corrected chi connectivity index (χ3v) is 7.07. The average Bonchev–Trinajstić information content (AvgIpc) is 3.29. The largest absolute Gasteiger partial charge is 0.469 e. The smallest absolute Gasteiger partial charge is 0.421 e. The molecule has 0 aliphatic heterocycles. The minimum Gasteiger partial charge on any atom is -0.469 e. The van der Waals surface area contributed by atoms with E-state index >= 15 is 0 Å². The minimum absolute atomic E-state index is 0.0254. The number of rotatable bonds is 8. The summed E-state index contributed by atoms with van der Waals surface area (Å²) in [5, 5.41) is 2.60. The molecule has 1 aromatic heterocycles. The van der Waals surface area contributed by atoms with Crippen LogP contribution in [-0.2, 0) is 14.3 Å². The van der Waals surface area contributed by atoms with Crippen molar-refractivity contribution in [2.75, 3.05) is 13.7 Å². The van der Waals surface area contributed by atoms with Crippen molar-refractivity contribution in [3.63, 3.8) is 0 Å². The predicted octanol–water partition coefficient (Wildman–Crippen LogP) is 6.24. The summed E-state index contributed by atoms with van der Waals surface area (Å²) in [5.41, 5.74) is 0.276. The summed E-state index contributed by atoms with van der Waals surface area (Å²) in [5.74, 6) is -0.866. The maximum Gasteiger partial charge on any atom is 0.421 e. The van der Waals surface area contributed by atoms with Gasteiger partial charge in [0.05, 0.1) is 24.5 Å². The molecule has 0 saturated carbocycles. The summed E-state index contributed by atoms with van der Waals surface area (Å²) in [6, 6.07) is 12.5. The van der Waals surface area contributed by atoms with E-state index in [1.54, 1.807) is 26.8 Å². The zero-order valence-corrected chi connectivity index (χ0v) is 20.8. The second-order valence-corrected chi connectivity index (χ2v) is 9.57. The maximum atomic E-state index is 14.4. The molecule has 1 aromatic carbocycles. The van der Waals surface area contributed by atoms with E-state index in [1.807, 2.05) is 30.3 Å². The molecule has 0 fully saturated rings. The Morgan fingerprint density at radius 3 is 2.43 bits per heavy atom. The van der Waals surface area contributed by atoms with E-state index in [2.05, 4.69) is 10.1 Å². The van der Waals surface area contributed by atoms with Crippen LogP contribution in [0.1, 0.15) is 59.8 Å². The zero-order valence-electron chi connectivity index (χ0n) is 20.0. The fourth-order valence-electron chi connectivity index (χ4n) is 4.23. The van der Waals surface area contributed by atoms with Crippen LogP contribution in [0.3, 0.4) is 0 Å². The summed E-state index contributed by atoms with van der Waals surface area (Å²) in [7, 11) is 1.26. The summed E-state index contributed by atoms with van der Waals surface area (Å²) >= 11 is 1.06. The van der Waals surface area contributed by atoms with Gasteiger partial charge in [-0.25, -0.2) is 0 Å². The van der Waals surface area contributed by atoms with E-state index in [0.29, 0.717) is 20.9 Å². The molecule has 3 rings (SSSR count). The van der Waals surface area contributed by atoms with Gasteiger partial charge in [0.2, 0.25) is 0 Å². The molecule has 2 aromatic rings.